The number of nitrogens with one attached hydrogen (secondary N) is 2. The van der Waals surface area contributed by atoms with E-state index in [-0.39, 0.29) is 5.78 Å². The van der Waals surface area contributed by atoms with Crippen molar-refractivity contribution >= 4 is 5.78 Å². The number of carbonyl (C=O) groups excluding carboxylic acids is 1. The van der Waals surface area contributed by atoms with E-state index in [1.54, 1.807) is 0 Å². The molecule has 2 unspecified atom stereocenters. The molecule has 1 saturated heterocycles. The van der Waals surface area contributed by atoms with Gasteiger partial charge < -0.3 is 10.2 Å². The normalized spacial score (nSPS) is 20.3. The Balaban J connectivity index is 1.71. The Labute approximate surface area is 162 Å². The molecular formula is C22H30N4O. The van der Waals surface area contributed by atoms with E-state index in [0.29, 0.717) is 12.0 Å². The fourth-order valence-corrected chi connectivity index (χ4v) is 3.83. The van der Waals surface area contributed by atoms with E-state index in [1.165, 1.54) is 5.56 Å². The molecule has 2 atom stereocenters. The van der Waals surface area contributed by atoms with Crippen LogP contribution in [0.15, 0.2) is 54.6 Å². The van der Waals surface area contributed by atoms with E-state index in [1.807, 2.05) is 49.5 Å². The Morgan fingerprint density at radius 1 is 1.15 bits per heavy atom. The maximum atomic E-state index is 12.6. The molecule has 0 spiro atoms. The van der Waals surface area contributed by atoms with Gasteiger partial charge in [0.15, 0.2) is 5.78 Å². The summed E-state index contributed by atoms with van der Waals surface area (Å²) < 4.78 is 0. The van der Waals surface area contributed by atoms with Crippen LogP contribution in [0, 0.1) is 5.92 Å². The summed E-state index contributed by atoms with van der Waals surface area (Å²) in [7, 11) is 6.26. The molecule has 27 heavy (non-hydrogen) atoms. The van der Waals surface area contributed by atoms with E-state index in [0.717, 1.165) is 37.3 Å². The summed E-state index contributed by atoms with van der Waals surface area (Å²) in [6.45, 7) is 4.03. The lowest BCUT2D eigenvalue weighted by molar-refractivity contribution is 0.103. The third-order valence-electron chi connectivity index (χ3n) is 5.31. The summed E-state index contributed by atoms with van der Waals surface area (Å²) in [6.07, 6.45) is 0. The van der Waals surface area contributed by atoms with Crippen LogP contribution in [0.2, 0.25) is 0 Å². The van der Waals surface area contributed by atoms with E-state index in [2.05, 4.69) is 46.9 Å². The van der Waals surface area contributed by atoms with Crippen molar-refractivity contribution in [3.05, 3.63) is 71.3 Å². The van der Waals surface area contributed by atoms with Crippen LogP contribution < -0.4 is 10.7 Å². The molecule has 1 heterocycles. The summed E-state index contributed by atoms with van der Waals surface area (Å²) in [5.41, 5.74) is 6.18. The second kappa shape index (κ2) is 9.24. The van der Waals surface area contributed by atoms with Gasteiger partial charge in [0.1, 0.15) is 0 Å². The summed E-state index contributed by atoms with van der Waals surface area (Å²) in [4.78, 5) is 15.0. The lowest BCUT2D eigenvalue weighted by Crippen LogP contribution is -2.34. The van der Waals surface area contributed by atoms with E-state index >= 15 is 0 Å². The lowest BCUT2D eigenvalue weighted by Gasteiger charge is -2.28. The molecule has 5 heteroatoms. The predicted molar refractivity (Wildman–Crippen MR) is 110 cm³/mol. The number of hydrogen-bond donors (Lipinski definition) is 2. The molecular weight excluding hydrogens is 336 g/mol. The Kier molecular flexibility index (Phi) is 6.74. The number of hydrazine groups is 1. The zero-order valence-electron chi connectivity index (χ0n) is 16.5. The maximum Gasteiger partial charge on any atom is 0.193 e. The number of carbonyl (C=O) groups is 1. The van der Waals surface area contributed by atoms with Crippen LogP contribution in [-0.4, -0.2) is 63.0 Å². The maximum absolute atomic E-state index is 12.6. The molecule has 0 radical (unpaired) electrons. The molecule has 2 aromatic carbocycles. The first-order chi connectivity index (χ1) is 13.1. The first-order valence-corrected chi connectivity index (χ1v) is 9.59. The summed E-state index contributed by atoms with van der Waals surface area (Å²) in [6, 6.07) is 17.9. The summed E-state index contributed by atoms with van der Waals surface area (Å²) in [5.74, 6) is 0.580. The standard InChI is InChI=1S/C22H30N4O/c1-23-13-14-25(2)16-20-15-24-26(3)21(20)17-9-11-19(12-10-17)22(27)18-7-5-4-6-8-18/h4-12,20-21,23-24H,13-16H2,1-3H3. The van der Waals surface area contributed by atoms with Crippen molar-refractivity contribution in [3.63, 3.8) is 0 Å². The molecule has 0 aromatic heterocycles. The lowest BCUT2D eigenvalue weighted by atomic mass is 9.92. The van der Waals surface area contributed by atoms with Crippen LogP contribution in [0.1, 0.15) is 27.5 Å². The largest absolute Gasteiger partial charge is 0.318 e. The predicted octanol–water partition coefficient (Wildman–Crippen LogP) is 2.18. The van der Waals surface area contributed by atoms with Crippen molar-refractivity contribution in [3.8, 4) is 0 Å². The first-order valence-electron chi connectivity index (χ1n) is 9.59. The van der Waals surface area contributed by atoms with Crippen molar-refractivity contribution in [1.82, 2.24) is 20.7 Å². The fourth-order valence-electron chi connectivity index (χ4n) is 3.83. The van der Waals surface area contributed by atoms with Gasteiger partial charge in [-0.1, -0.05) is 54.6 Å². The van der Waals surface area contributed by atoms with Crippen LogP contribution in [0.3, 0.4) is 0 Å². The molecule has 1 fully saturated rings. The SMILES string of the molecule is CNCCN(C)CC1CNN(C)C1c1ccc(C(=O)c2ccccc2)cc1. The monoisotopic (exact) mass is 366 g/mol. The number of benzene rings is 2. The third-order valence-corrected chi connectivity index (χ3v) is 5.31. The molecule has 0 aliphatic carbocycles. The van der Waals surface area contributed by atoms with Gasteiger partial charge in [-0.15, -0.1) is 0 Å². The van der Waals surface area contributed by atoms with Crippen LogP contribution in [-0.2, 0) is 0 Å². The van der Waals surface area contributed by atoms with Gasteiger partial charge in [-0.3, -0.25) is 10.2 Å². The Morgan fingerprint density at radius 2 is 1.81 bits per heavy atom. The van der Waals surface area contributed by atoms with Gasteiger partial charge in [0.2, 0.25) is 0 Å². The smallest absolute Gasteiger partial charge is 0.193 e. The van der Waals surface area contributed by atoms with Crippen molar-refractivity contribution in [1.29, 1.82) is 0 Å². The van der Waals surface area contributed by atoms with Crippen LogP contribution in [0.5, 0.6) is 0 Å². The second-order valence-corrected chi connectivity index (χ2v) is 7.36. The minimum atomic E-state index is 0.0726. The topological polar surface area (TPSA) is 47.6 Å². The fraction of sp³-hybridized carbons (Fsp3) is 0.409. The third kappa shape index (κ3) is 4.82. The number of nitrogens with zero attached hydrogens (tertiary/aromatic N) is 2. The van der Waals surface area contributed by atoms with E-state index in [9.17, 15) is 4.79 Å². The molecule has 2 N–H and O–H groups in total. The molecule has 2 aromatic rings. The highest BCUT2D eigenvalue weighted by molar-refractivity contribution is 6.08. The van der Waals surface area contributed by atoms with Crippen molar-refractivity contribution < 1.29 is 4.79 Å². The van der Waals surface area contributed by atoms with Crippen LogP contribution in [0.4, 0.5) is 0 Å². The van der Waals surface area contributed by atoms with Crippen LogP contribution in [0.25, 0.3) is 0 Å². The van der Waals surface area contributed by atoms with Gasteiger partial charge in [0, 0.05) is 50.3 Å². The zero-order valence-corrected chi connectivity index (χ0v) is 16.5. The highest BCUT2D eigenvalue weighted by atomic mass is 16.1. The first kappa shape index (κ1) is 19.7. The molecule has 3 rings (SSSR count). The number of rotatable bonds is 8. The number of likely N-dealkylation sites (N-methyl/N-ethyl adjacent to an activating group) is 2. The van der Waals surface area contributed by atoms with Gasteiger partial charge in [0.25, 0.3) is 0 Å². The average Bonchev–Trinajstić information content (AvgIpc) is 3.06. The van der Waals surface area contributed by atoms with E-state index < -0.39 is 0 Å². The molecule has 0 saturated carbocycles. The van der Waals surface area contributed by atoms with Gasteiger partial charge in [0.05, 0.1) is 6.04 Å². The summed E-state index contributed by atoms with van der Waals surface area (Å²) in [5, 5.41) is 5.40. The minimum Gasteiger partial charge on any atom is -0.318 e. The van der Waals surface area contributed by atoms with Gasteiger partial charge in [-0.2, -0.15) is 0 Å². The number of ketones is 1. The van der Waals surface area contributed by atoms with Gasteiger partial charge in [-0.05, 0) is 19.7 Å². The Hall–Kier alpha value is -2.05. The molecule has 5 nitrogen and oxygen atoms in total. The van der Waals surface area contributed by atoms with E-state index in [4.69, 9.17) is 0 Å². The average molecular weight is 367 g/mol. The highest BCUT2D eigenvalue weighted by Gasteiger charge is 2.33. The number of hydrogen-bond acceptors (Lipinski definition) is 5. The summed E-state index contributed by atoms with van der Waals surface area (Å²) >= 11 is 0. The molecule has 1 aliphatic heterocycles. The quantitative estimate of drug-likeness (QED) is 0.701. The van der Waals surface area contributed by atoms with Crippen molar-refractivity contribution in [2.75, 3.05) is 47.3 Å². The highest BCUT2D eigenvalue weighted by Crippen LogP contribution is 2.31. The molecule has 1 aliphatic rings. The van der Waals surface area contributed by atoms with Gasteiger partial charge in [-0.25, -0.2) is 5.01 Å². The molecule has 144 valence electrons. The Morgan fingerprint density at radius 3 is 2.48 bits per heavy atom. The zero-order chi connectivity index (χ0) is 19.2. The Bertz CT molecular complexity index is 732. The van der Waals surface area contributed by atoms with Crippen molar-refractivity contribution in [2.24, 2.45) is 5.92 Å². The second-order valence-electron chi connectivity index (χ2n) is 7.36. The van der Waals surface area contributed by atoms with Crippen LogP contribution >= 0.6 is 0 Å². The minimum absolute atomic E-state index is 0.0726. The molecule has 0 amide bonds. The molecule has 0 bridgehead atoms. The van der Waals surface area contributed by atoms with Crippen molar-refractivity contribution in [2.45, 2.75) is 6.04 Å². The van der Waals surface area contributed by atoms with Gasteiger partial charge >= 0.3 is 0 Å².